The van der Waals surface area contributed by atoms with E-state index in [2.05, 4.69) is 23.8 Å². The van der Waals surface area contributed by atoms with E-state index in [1.165, 1.54) is 0 Å². The second-order valence-electron chi connectivity index (χ2n) is 6.19. The summed E-state index contributed by atoms with van der Waals surface area (Å²) in [7, 11) is 0. The smallest absolute Gasteiger partial charge is 0.194 e. The normalized spacial score (nSPS) is 15.0. The first-order valence-electron chi connectivity index (χ1n) is 7.64. The maximum atomic E-state index is 13.3. The molecule has 0 aliphatic carbocycles. The molecule has 1 aromatic heterocycles. The highest BCUT2D eigenvalue weighted by atomic mass is 19.2. The van der Waals surface area contributed by atoms with Crippen molar-refractivity contribution in [1.82, 2.24) is 14.9 Å². The van der Waals surface area contributed by atoms with Crippen molar-refractivity contribution in [2.45, 2.75) is 39.3 Å². The van der Waals surface area contributed by atoms with E-state index in [1.807, 2.05) is 11.1 Å². The van der Waals surface area contributed by atoms with Crippen LogP contribution >= 0.6 is 0 Å². The van der Waals surface area contributed by atoms with Gasteiger partial charge in [0, 0.05) is 49.4 Å². The Morgan fingerprint density at radius 3 is 2.52 bits per heavy atom. The Balaban J connectivity index is 1.75. The second kappa shape index (κ2) is 6.28. The van der Waals surface area contributed by atoms with Crippen molar-refractivity contribution < 1.29 is 13.2 Å². The van der Waals surface area contributed by atoms with Crippen molar-refractivity contribution in [2.75, 3.05) is 6.54 Å². The van der Waals surface area contributed by atoms with Gasteiger partial charge in [-0.25, -0.2) is 23.1 Å². The minimum Gasteiger partial charge on any atom is -0.294 e. The van der Waals surface area contributed by atoms with Gasteiger partial charge >= 0.3 is 0 Å². The Morgan fingerprint density at radius 2 is 1.87 bits per heavy atom. The van der Waals surface area contributed by atoms with Crippen LogP contribution in [0.1, 0.15) is 42.4 Å². The van der Waals surface area contributed by atoms with E-state index in [0.717, 1.165) is 42.2 Å². The van der Waals surface area contributed by atoms with E-state index >= 15 is 0 Å². The zero-order valence-electron chi connectivity index (χ0n) is 13.1. The molecule has 1 aromatic carbocycles. The largest absolute Gasteiger partial charge is 0.294 e. The first kappa shape index (κ1) is 15.9. The molecule has 0 atom stereocenters. The maximum absolute atomic E-state index is 13.3. The lowest BCUT2D eigenvalue weighted by Crippen LogP contribution is -2.31. The van der Waals surface area contributed by atoms with Crippen molar-refractivity contribution in [3.05, 3.63) is 58.4 Å². The van der Waals surface area contributed by atoms with Crippen LogP contribution in [0.5, 0.6) is 0 Å². The molecule has 3 nitrogen and oxygen atoms in total. The molecule has 0 bridgehead atoms. The highest BCUT2D eigenvalue weighted by Gasteiger charge is 2.20. The summed E-state index contributed by atoms with van der Waals surface area (Å²) in [5.41, 5.74) is 2.49. The maximum Gasteiger partial charge on any atom is 0.194 e. The Kier molecular flexibility index (Phi) is 4.35. The van der Waals surface area contributed by atoms with Crippen molar-refractivity contribution >= 4 is 0 Å². The number of fused-ring (bicyclic) bond motifs is 1. The van der Waals surface area contributed by atoms with Gasteiger partial charge in [-0.1, -0.05) is 13.8 Å². The van der Waals surface area contributed by atoms with Crippen molar-refractivity contribution in [3.63, 3.8) is 0 Å². The van der Waals surface area contributed by atoms with Gasteiger partial charge in [0.05, 0.1) is 0 Å². The molecule has 0 amide bonds. The molecular weight excluding hydrogens is 303 g/mol. The van der Waals surface area contributed by atoms with Gasteiger partial charge in [0.1, 0.15) is 5.82 Å². The molecule has 0 saturated heterocycles. The quantitative estimate of drug-likeness (QED) is 0.809. The fourth-order valence-electron chi connectivity index (χ4n) is 2.76. The van der Waals surface area contributed by atoms with E-state index in [0.29, 0.717) is 18.7 Å². The van der Waals surface area contributed by atoms with E-state index < -0.39 is 17.5 Å². The van der Waals surface area contributed by atoms with Crippen LogP contribution in [0, 0.1) is 17.5 Å². The van der Waals surface area contributed by atoms with E-state index in [1.54, 1.807) is 0 Å². The molecule has 6 heteroatoms. The van der Waals surface area contributed by atoms with Crippen LogP contribution in [0.2, 0.25) is 0 Å². The van der Waals surface area contributed by atoms with Gasteiger partial charge in [0.25, 0.3) is 0 Å². The molecule has 1 aliphatic heterocycles. The summed E-state index contributed by atoms with van der Waals surface area (Å²) in [6, 6.07) is 2.10. The predicted molar refractivity (Wildman–Crippen MR) is 80.3 cm³/mol. The van der Waals surface area contributed by atoms with Crippen LogP contribution < -0.4 is 0 Å². The summed E-state index contributed by atoms with van der Waals surface area (Å²) >= 11 is 0. The first-order valence-corrected chi connectivity index (χ1v) is 7.64. The molecule has 0 saturated carbocycles. The minimum absolute atomic E-state index is 0.281. The molecule has 122 valence electrons. The number of benzene rings is 1. The standard InChI is InChI=1S/C17H18F3N3/c1-10(2)17-21-7-12-9-23(4-3-15(12)22-17)8-11-5-13(18)16(20)14(19)6-11/h5-7,10H,3-4,8-9H2,1-2H3. The predicted octanol–water partition coefficient (Wildman–Crippen LogP) is 3.58. The van der Waals surface area contributed by atoms with E-state index in [9.17, 15) is 13.2 Å². The monoisotopic (exact) mass is 321 g/mol. The number of hydrogen-bond donors (Lipinski definition) is 0. The molecule has 2 aromatic rings. The zero-order valence-corrected chi connectivity index (χ0v) is 13.1. The average molecular weight is 321 g/mol. The highest BCUT2D eigenvalue weighted by Crippen LogP contribution is 2.21. The van der Waals surface area contributed by atoms with Gasteiger partial charge < -0.3 is 0 Å². The Hall–Kier alpha value is -1.95. The molecule has 0 fully saturated rings. The number of hydrogen-bond acceptors (Lipinski definition) is 3. The fraction of sp³-hybridized carbons (Fsp3) is 0.412. The van der Waals surface area contributed by atoms with E-state index in [4.69, 9.17) is 0 Å². The molecule has 2 heterocycles. The lowest BCUT2D eigenvalue weighted by atomic mass is 10.1. The van der Waals surface area contributed by atoms with Crippen LogP contribution in [0.25, 0.3) is 0 Å². The third-order valence-corrected chi connectivity index (χ3v) is 4.00. The minimum atomic E-state index is -1.42. The Labute approximate surface area is 133 Å². The van der Waals surface area contributed by atoms with Crippen molar-refractivity contribution in [1.29, 1.82) is 0 Å². The van der Waals surface area contributed by atoms with Crippen LogP contribution in [0.15, 0.2) is 18.3 Å². The number of halogens is 3. The molecule has 1 aliphatic rings. The lowest BCUT2D eigenvalue weighted by molar-refractivity contribution is 0.241. The topological polar surface area (TPSA) is 29.0 Å². The number of nitrogens with zero attached hydrogens (tertiary/aromatic N) is 3. The molecule has 0 spiro atoms. The summed E-state index contributed by atoms with van der Waals surface area (Å²) in [6.07, 6.45) is 2.60. The summed E-state index contributed by atoms with van der Waals surface area (Å²) in [5, 5.41) is 0. The third kappa shape index (κ3) is 3.37. The van der Waals surface area contributed by atoms with Gasteiger partial charge in [-0.15, -0.1) is 0 Å². The highest BCUT2D eigenvalue weighted by molar-refractivity contribution is 5.23. The molecule has 0 N–H and O–H groups in total. The van der Waals surface area contributed by atoms with Gasteiger partial charge in [0.2, 0.25) is 0 Å². The molecule has 0 radical (unpaired) electrons. The third-order valence-electron chi connectivity index (χ3n) is 4.00. The van der Waals surface area contributed by atoms with Crippen LogP contribution in [-0.2, 0) is 19.5 Å². The number of rotatable bonds is 3. The summed E-state index contributed by atoms with van der Waals surface area (Å²) < 4.78 is 39.6. The molecule has 0 unspecified atom stereocenters. The van der Waals surface area contributed by atoms with E-state index in [-0.39, 0.29) is 5.92 Å². The first-order chi connectivity index (χ1) is 10.9. The Morgan fingerprint density at radius 1 is 1.17 bits per heavy atom. The molecular formula is C17H18F3N3. The fourth-order valence-corrected chi connectivity index (χ4v) is 2.76. The molecule has 23 heavy (non-hydrogen) atoms. The zero-order chi connectivity index (χ0) is 16.6. The van der Waals surface area contributed by atoms with Crippen LogP contribution in [0.3, 0.4) is 0 Å². The second-order valence-corrected chi connectivity index (χ2v) is 6.19. The summed E-state index contributed by atoms with van der Waals surface area (Å²) in [4.78, 5) is 11.0. The average Bonchev–Trinajstić information content (AvgIpc) is 2.52. The van der Waals surface area contributed by atoms with Gasteiger partial charge in [-0.2, -0.15) is 0 Å². The van der Waals surface area contributed by atoms with Crippen molar-refractivity contribution in [2.24, 2.45) is 0 Å². The van der Waals surface area contributed by atoms with Crippen LogP contribution in [-0.4, -0.2) is 21.4 Å². The van der Waals surface area contributed by atoms with Gasteiger partial charge in [-0.3, -0.25) is 4.90 Å². The summed E-state index contributed by atoms with van der Waals surface area (Å²) in [6.45, 7) is 5.82. The SMILES string of the molecule is CC(C)c1ncc2c(n1)CCN(Cc1cc(F)c(F)c(F)c1)C2. The lowest BCUT2D eigenvalue weighted by Gasteiger charge is -2.28. The van der Waals surface area contributed by atoms with Crippen molar-refractivity contribution in [3.8, 4) is 0 Å². The van der Waals surface area contributed by atoms with Crippen LogP contribution in [0.4, 0.5) is 13.2 Å². The Bertz CT molecular complexity index is 708. The summed E-state index contributed by atoms with van der Waals surface area (Å²) in [5.74, 6) is -2.61. The van der Waals surface area contributed by atoms with Gasteiger partial charge in [-0.05, 0) is 17.7 Å². The molecule has 3 rings (SSSR count). The number of aromatic nitrogens is 2. The van der Waals surface area contributed by atoms with Gasteiger partial charge in [0.15, 0.2) is 17.5 Å².